The second-order valence-corrected chi connectivity index (χ2v) is 6.47. The molecule has 1 aliphatic rings. The summed E-state index contributed by atoms with van der Waals surface area (Å²) in [6, 6.07) is 18.5. The molecular formula is C22H19N3O3. The quantitative estimate of drug-likeness (QED) is 0.746. The minimum absolute atomic E-state index is 0.0170. The molecule has 0 saturated heterocycles. The van der Waals surface area contributed by atoms with Gasteiger partial charge in [-0.25, -0.2) is 0 Å². The standard InChI is InChI=1S/C22H19N3O3/c26-21-15-28-20-7-2-1-6-19(20)25(21)14-17-4-3-5-18(12-17)22(27)24-13-16-8-10-23-11-9-16/h1-12H,13-15H2,(H,24,27). The number of carbonyl (C=O) groups is 2. The summed E-state index contributed by atoms with van der Waals surface area (Å²) in [4.78, 5) is 30.5. The zero-order valence-electron chi connectivity index (χ0n) is 15.2. The van der Waals surface area contributed by atoms with E-state index in [1.165, 1.54) is 0 Å². The highest BCUT2D eigenvalue weighted by Crippen LogP contribution is 2.32. The van der Waals surface area contributed by atoms with Crippen LogP contribution in [0, 0.1) is 0 Å². The van der Waals surface area contributed by atoms with Gasteiger partial charge in [0.1, 0.15) is 5.75 Å². The number of fused-ring (bicyclic) bond motifs is 1. The summed E-state index contributed by atoms with van der Waals surface area (Å²) in [6.07, 6.45) is 3.39. The molecule has 1 N–H and O–H groups in total. The maximum atomic E-state index is 12.5. The summed E-state index contributed by atoms with van der Waals surface area (Å²) < 4.78 is 5.48. The number of nitrogens with one attached hydrogen (secondary N) is 1. The Balaban J connectivity index is 1.48. The number of para-hydroxylation sites is 2. The monoisotopic (exact) mass is 373 g/mol. The molecule has 0 bridgehead atoms. The van der Waals surface area contributed by atoms with Gasteiger partial charge >= 0.3 is 0 Å². The van der Waals surface area contributed by atoms with E-state index in [4.69, 9.17) is 4.74 Å². The maximum Gasteiger partial charge on any atom is 0.265 e. The largest absolute Gasteiger partial charge is 0.482 e. The predicted octanol–water partition coefficient (Wildman–Crippen LogP) is 2.94. The van der Waals surface area contributed by atoms with Crippen molar-refractivity contribution in [1.82, 2.24) is 10.3 Å². The van der Waals surface area contributed by atoms with Crippen LogP contribution in [0.5, 0.6) is 5.75 Å². The number of hydrogen-bond donors (Lipinski definition) is 1. The van der Waals surface area contributed by atoms with Gasteiger partial charge in [-0.05, 0) is 47.5 Å². The third-order valence-electron chi connectivity index (χ3n) is 4.54. The van der Waals surface area contributed by atoms with E-state index in [1.54, 1.807) is 23.4 Å². The molecule has 2 heterocycles. The van der Waals surface area contributed by atoms with Crippen LogP contribution in [0.3, 0.4) is 0 Å². The lowest BCUT2D eigenvalue weighted by Gasteiger charge is -2.29. The number of amides is 2. The molecule has 3 aromatic rings. The topological polar surface area (TPSA) is 71.5 Å². The number of aromatic nitrogens is 1. The Hall–Kier alpha value is -3.67. The minimum Gasteiger partial charge on any atom is -0.482 e. The van der Waals surface area contributed by atoms with E-state index in [1.807, 2.05) is 54.6 Å². The van der Waals surface area contributed by atoms with Crippen molar-refractivity contribution in [1.29, 1.82) is 0 Å². The summed E-state index contributed by atoms with van der Waals surface area (Å²) in [5.74, 6) is 0.423. The van der Waals surface area contributed by atoms with Crippen molar-refractivity contribution in [2.24, 2.45) is 0 Å². The van der Waals surface area contributed by atoms with Crippen LogP contribution in [0.1, 0.15) is 21.5 Å². The lowest BCUT2D eigenvalue weighted by atomic mass is 10.1. The van der Waals surface area contributed by atoms with Gasteiger partial charge in [-0.3, -0.25) is 14.6 Å². The Kier molecular flexibility index (Phi) is 5.01. The number of pyridine rings is 1. The average Bonchev–Trinajstić information content (AvgIpc) is 2.75. The number of benzene rings is 2. The number of hydrogen-bond acceptors (Lipinski definition) is 4. The molecule has 6 nitrogen and oxygen atoms in total. The van der Waals surface area contributed by atoms with Crippen LogP contribution < -0.4 is 15.0 Å². The number of ether oxygens (including phenoxy) is 1. The summed E-state index contributed by atoms with van der Waals surface area (Å²) in [7, 11) is 0. The Labute approximate surface area is 162 Å². The fourth-order valence-corrected chi connectivity index (χ4v) is 3.11. The van der Waals surface area contributed by atoms with Crippen LogP contribution in [0.2, 0.25) is 0 Å². The summed E-state index contributed by atoms with van der Waals surface area (Å²) in [5, 5.41) is 2.90. The highest BCUT2D eigenvalue weighted by atomic mass is 16.5. The van der Waals surface area contributed by atoms with Crippen LogP contribution in [0.25, 0.3) is 0 Å². The number of nitrogens with zero attached hydrogens (tertiary/aromatic N) is 2. The van der Waals surface area contributed by atoms with Gasteiger partial charge in [-0.2, -0.15) is 0 Å². The van der Waals surface area contributed by atoms with Gasteiger partial charge in [0.15, 0.2) is 6.61 Å². The molecule has 140 valence electrons. The zero-order chi connectivity index (χ0) is 19.3. The van der Waals surface area contributed by atoms with Crippen molar-refractivity contribution in [3.05, 3.63) is 89.7 Å². The number of rotatable bonds is 5. The van der Waals surface area contributed by atoms with Crippen molar-refractivity contribution >= 4 is 17.5 Å². The Morgan fingerprint density at radius 1 is 1.04 bits per heavy atom. The van der Waals surface area contributed by atoms with E-state index in [-0.39, 0.29) is 18.4 Å². The maximum absolute atomic E-state index is 12.5. The van der Waals surface area contributed by atoms with Crippen LogP contribution in [-0.2, 0) is 17.9 Å². The van der Waals surface area contributed by atoms with Crippen molar-refractivity contribution < 1.29 is 14.3 Å². The first-order valence-electron chi connectivity index (χ1n) is 8.99. The third kappa shape index (κ3) is 3.86. The lowest BCUT2D eigenvalue weighted by molar-refractivity contribution is -0.121. The molecule has 4 rings (SSSR count). The average molecular weight is 373 g/mol. The van der Waals surface area contributed by atoms with Crippen LogP contribution in [-0.4, -0.2) is 23.4 Å². The van der Waals surface area contributed by atoms with Gasteiger partial charge in [-0.1, -0.05) is 24.3 Å². The van der Waals surface area contributed by atoms with Crippen molar-refractivity contribution in [2.75, 3.05) is 11.5 Å². The molecule has 0 fully saturated rings. The van der Waals surface area contributed by atoms with Crippen molar-refractivity contribution in [3.8, 4) is 5.75 Å². The molecule has 0 aliphatic carbocycles. The number of carbonyl (C=O) groups excluding carboxylic acids is 2. The molecule has 2 amide bonds. The smallest absolute Gasteiger partial charge is 0.265 e. The Bertz CT molecular complexity index is 1000. The minimum atomic E-state index is -0.160. The van der Waals surface area contributed by atoms with Gasteiger partial charge in [-0.15, -0.1) is 0 Å². The fourth-order valence-electron chi connectivity index (χ4n) is 3.11. The van der Waals surface area contributed by atoms with E-state index in [2.05, 4.69) is 10.3 Å². The molecule has 0 unspecified atom stereocenters. The third-order valence-corrected chi connectivity index (χ3v) is 4.54. The van der Waals surface area contributed by atoms with Crippen molar-refractivity contribution in [3.63, 3.8) is 0 Å². The first-order valence-corrected chi connectivity index (χ1v) is 8.99. The molecule has 0 radical (unpaired) electrons. The van der Waals surface area contributed by atoms with Gasteiger partial charge in [0.2, 0.25) is 0 Å². The molecule has 28 heavy (non-hydrogen) atoms. The molecule has 0 spiro atoms. The zero-order valence-corrected chi connectivity index (χ0v) is 15.2. The van der Waals surface area contributed by atoms with E-state index < -0.39 is 0 Å². The summed E-state index contributed by atoms with van der Waals surface area (Å²) in [5.41, 5.74) is 3.16. The Morgan fingerprint density at radius 3 is 2.71 bits per heavy atom. The lowest BCUT2D eigenvalue weighted by Crippen LogP contribution is -2.38. The highest BCUT2D eigenvalue weighted by Gasteiger charge is 2.25. The van der Waals surface area contributed by atoms with E-state index in [0.29, 0.717) is 24.4 Å². The molecule has 2 aromatic carbocycles. The summed E-state index contributed by atoms with van der Waals surface area (Å²) >= 11 is 0. The highest BCUT2D eigenvalue weighted by molar-refractivity contribution is 5.98. The van der Waals surface area contributed by atoms with Crippen LogP contribution in [0.4, 0.5) is 5.69 Å². The SMILES string of the molecule is O=C(NCc1ccncc1)c1cccc(CN2C(=O)COc3ccccc32)c1. The van der Waals surface area contributed by atoms with E-state index in [0.717, 1.165) is 16.8 Å². The van der Waals surface area contributed by atoms with Gasteiger partial charge in [0.05, 0.1) is 12.2 Å². The molecule has 0 saturated carbocycles. The molecule has 1 aromatic heterocycles. The van der Waals surface area contributed by atoms with Crippen LogP contribution in [0.15, 0.2) is 73.1 Å². The molecule has 6 heteroatoms. The van der Waals surface area contributed by atoms with Gasteiger partial charge < -0.3 is 15.0 Å². The second-order valence-electron chi connectivity index (χ2n) is 6.47. The second kappa shape index (κ2) is 7.92. The normalized spacial score (nSPS) is 12.9. The summed E-state index contributed by atoms with van der Waals surface area (Å²) in [6.45, 7) is 0.828. The number of anilines is 1. The fraction of sp³-hybridized carbons (Fsp3) is 0.136. The van der Waals surface area contributed by atoms with E-state index >= 15 is 0 Å². The van der Waals surface area contributed by atoms with Crippen molar-refractivity contribution in [2.45, 2.75) is 13.1 Å². The first-order chi connectivity index (χ1) is 13.7. The molecule has 1 aliphatic heterocycles. The Morgan fingerprint density at radius 2 is 1.86 bits per heavy atom. The first kappa shape index (κ1) is 17.7. The van der Waals surface area contributed by atoms with Crippen LogP contribution >= 0.6 is 0 Å². The van der Waals surface area contributed by atoms with Gasteiger partial charge in [0.25, 0.3) is 11.8 Å². The predicted molar refractivity (Wildman–Crippen MR) is 105 cm³/mol. The molecule has 0 atom stereocenters. The van der Waals surface area contributed by atoms with Gasteiger partial charge in [0, 0.05) is 24.5 Å². The van der Waals surface area contributed by atoms with E-state index in [9.17, 15) is 9.59 Å². The molecular weight excluding hydrogens is 354 g/mol.